The SMILES string of the molecule is Clc1ncc2ncn(Cc3cccc(Br)c3)c2n1. The van der Waals surface area contributed by atoms with Crippen LogP contribution >= 0.6 is 27.5 Å². The van der Waals surface area contributed by atoms with Crippen molar-refractivity contribution >= 4 is 38.7 Å². The highest BCUT2D eigenvalue weighted by molar-refractivity contribution is 9.10. The molecule has 0 atom stereocenters. The number of benzene rings is 1. The van der Waals surface area contributed by atoms with Gasteiger partial charge in [-0.25, -0.2) is 9.97 Å². The minimum Gasteiger partial charge on any atom is -0.311 e. The molecule has 0 spiro atoms. The van der Waals surface area contributed by atoms with Crippen LogP contribution in [0.3, 0.4) is 0 Å². The molecule has 3 aromatic rings. The molecule has 3 rings (SSSR count). The molecule has 4 nitrogen and oxygen atoms in total. The maximum Gasteiger partial charge on any atom is 0.224 e. The van der Waals surface area contributed by atoms with Crippen molar-refractivity contribution in [1.29, 1.82) is 0 Å². The number of rotatable bonds is 2. The first-order valence-corrected chi connectivity index (χ1v) is 6.47. The summed E-state index contributed by atoms with van der Waals surface area (Å²) in [6.45, 7) is 0.698. The number of fused-ring (bicyclic) bond motifs is 1. The highest BCUT2D eigenvalue weighted by atomic mass is 79.9. The second-order valence-electron chi connectivity index (χ2n) is 3.85. The maximum absolute atomic E-state index is 5.80. The lowest BCUT2D eigenvalue weighted by Gasteiger charge is -2.04. The third kappa shape index (κ3) is 2.23. The van der Waals surface area contributed by atoms with Crippen LogP contribution in [0.25, 0.3) is 11.2 Å². The molecule has 1 aromatic carbocycles. The molecule has 0 radical (unpaired) electrons. The molecule has 0 amide bonds. The molecular formula is C12H8BrClN4. The Morgan fingerprint density at radius 2 is 2.17 bits per heavy atom. The molecule has 0 saturated carbocycles. The second-order valence-corrected chi connectivity index (χ2v) is 5.10. The van der Waals surface area contributed by atoms with E-state index in [-0.39, 0.29) is 5.28 Å². The summed E-state index contributed by atoms with van der Waals surface area (Å²) in [5.74, 6) is 0. The van der Waals surface area contributed by atoms with E-state index in [9.17, 15) is 0 Å². The van der Waals surface area contributed by atoms with E-state index in [4.69, 9.17) is 11.6 Å². The van der Waals surface area contributed by atoms with Gasteiger partial charge in [-0.2, -0.15) is 4.98 Å². The van der Waals surface area contributed by atoms with Gasteiger partial charge in [0.25, 0.3) is 0 Å². The Kier molecular flexibility index (Phi) is 3.01. The summed E-state index contributed by atoms with van der Waals surface area (Å²) in [6.07, 6.45) is 3.37. The van der Waals surface area contributed by atoms with Gasteiger partial charge in [0.05, 0.1) is 19.1 Å². The van der Waals surface area contributed by atoms with Crippen molar-refractivity contribution in [3.8, 4) is 0 Å². The largest absolute Gasteiger partial charge is 0.311 e. The molecule has 0 saturated heterocycles. The second kappa shape index (κ2) is 4.66. The smallest absolute Gasteiger partial charge is 0.224 e. The van der Waals surface area contributed by atoms with Crippen LogP contribution in [0, 0.1) is 0 Å². The minimum absolute atomic E-state index is 0.235. The lowest BCUT2D eigenvalue weighted by atomic mass is 10.2. The van der Waals surface area contributed by atoms with Crippen LogP contribution in [0.2, 0.25) is 5.28 Å². The van der Waals surface area contributed by atoms with Gasteiger partial charge in [0, 0.05) is 4.47 Å². The van der Waals surface area contributed by atoms with Gasteiger partial charge < -0.3 is 4.57 Å². The van der Waals surface area contributed by atoms with E-state index in [1.807, 2.05) is 16.7 Å². The molecular weight excluding hydrogens is 316 g/mol. The van der Waals surface area contributed by atoms with Gasteiger partial charge >= 0.3 is 0 Å². The predicted molar refractivity (Wildman–Crippen MR) is 73.6 cm³/mol. The maximum atomic E-state index is 5.80. The molecule has 18 heavy (non-hydrogen) atoms. The third-order valence-electron chi connectivity index (χ3n) is 2.57. The third-order valence-corrected chi connectivity index (χ3v) is 3.25. The summed E-state index contributed by atoms with van der Waals surface area (Å²) in [5.41, 5.74) is 2.66. The van der Waals surface area contributed by atoms with Crippen LogP contribution in [0.4, 0.5) is 0 Å². The first-order valence-electron chi connectivity index (χ1n) is 5.30. The Morgan fingerprint density at radius 3 is 3.00 bits per heavy atom. The van der Waals surface area contributed by atoms with Crippen LogP contribution in [0.5, 0.6) is 0 Å². The number of halogens is 2. The normalized spacial score (nSPS) is 11.0. The fourth-order valence-corrected chi connectivity index (χ4v) is 2.36. The average Bonchev–Trinajstić information content (AvgIpc) is 2.72. The molecule has 0 bridgehead atoms. The summed E-state index contributed by atoms with van der Waals surface area (Å²) in [7, 11) is 0. The van der Waals surface area contributed by atoms with Gasteiger partial charge in [0.2, 0.25) is 5.28 Å². The highest BCUT2D eigenvalue weighted by Gasteiger charge is 2.06. The van der Waals surface area contributed by atoms with E-state index in [2.05, 4.69) is 43.0 Å². The zero-order valence-corrected chi connectivity index (χ0v) is 11.6. The number of nitrogens with zero attached hydrogens (tertiary/aromatic N) is 4. The lowest BCUT2D eigenvalue weighted by Crippen LogP contribution is -1.99. The summed E-state index contributed by atoms with van der Waals surface area (Å²) in [5, 5.41) is 0.235. The predicted octanol–water partition coefficient (Wildman–Crippen LogP) is 3.29. The van der Waals surface area contributed by atoms with E-state index in [0.717, 1.165) is 15.6 Å². The molecule has 6 heteroatoms. The Labute approximate surface area is 117 Å². The van der Waals surface area contributed by atoms with Gasteiger partial charge in [-0.05, 0) is 29.3 Å². The molecule has 0 fully saturated rings. The first kappa shape index (κ1) is 11.6. The van der Waals surface area contributed by atoms with E-state index in [1.54, 1.807) is 12.5 Å². The summed E-state index contributed by atoms with van der Waals surface area (Å²) < 4.78 is 3.00. The van der Waals surface area contributed by atoms with Crippen LogP contribution in [-0.2, 0) is 6.54 Å². The topological polar surface area (TPSA) is 43.6 Å². The lowest BCUT2D eigenvalue weighted by molar-refractivity contribution is 0.812. The van der Waals surface area contributed by atoms with Gasteiger partial charge in [-0.15, -0.1) is 0 Å². The Morgan fingerprint density at radius 1 is 1.28 bits per heavy atom. The van der Waals surface area contributed by atoms with E-state index < -0.39 is 0 Å². The summed E-state index contributed by atoms with van der Waals surface area (Å²) >= 11 is 9.26. The van der Waals surface area contributed by atoms with Crippen LogP contribution in [0.15, 0.2) is 41.3 Å². The van der Waals surface area contributed by atoms with Gasteiger partial charge in [-0.3, -0.25) is 0 Å². The van der Waals surface area contributed by atoms with E-state index >= 15 is 0 Å². The highest BCUT2D eigenvalue weighted by Crippen LogP contribution is 2.16. The molecule has 0 N–H and O–H groups in total. The fraction of sp³-hybridized carbons (Fsp3) is 0.0833. The number of imidazole rings is 1. The molecule has 90 valence electrons. The van der Waals surface area contributed by atoms with Crippen molar-refractivity contribution in [2.24, 2.45) is 0 Å². The zero-order chi connectivity index (χ0) is 12.5. The van der Waals surface area contributed by atoms with Crippen molar-refractivity contribution in [3.63, 3.8) is 0 Å². The van der Waals surface area contributed by atoms with Crippen molar-refractivity contribution < 1.29 is 0 Å². The molecule has 2 heterocycles. The number of hydrogen-bond donors (Lipinski definition) is 0. The van der Waals surface area contributed by atoms with Crippen molar-refractivity contribution in [2.45, 2.75) is 6.54 Å². The van der Waals surface area contributed by atoms with Crippen LogP contribution in [-0.4, -0.2) is 19.5 Å². The Hall–Kier alpha value is -1.46. The van der Waals surface area contributed by atoms with Crippen molar-refractivity contribution in [1.82, 2.24) is 19.5 Å². The van der Waals surface area contributed by atoms with Crippen molar-refractivity contribution in [2.75, 3.05) is 0 Å². The Balaban J connectivity index is 2.02. The van der Waals surface area contributed by atoms with Crippen LogP contribution < -0.4 is 0 Å². The zero-order valence-electron chi connectivity index (χ0n) is 9.22. The molecule has 0 unspecified atom stereocenters. The fourth-order valence-electron chi connectivity index (χ4n) is 1.78. The summed E-state index contributed by atoms with van der Waals surface area (Å²) in [4.78, 5) is 12.4. The first-order chi connectivity index (χ1) is 8.72. The quantitative estimate of drug-likeness (QED) is 0.680. The van der Waals surface area contributed by atoms with E-state index in [1.165, 1.54) is 5.56 Å². The van der Waals surface area contributed by atoms with Gasteiger partial charge in [-0.1, -0.05) is 28.1 Å². The molecule has 0 aliphatic heterocycles. The minimum atomic E-state index is 0.235. The number of aromatic nitrogens is 4. The molecule has 0 aliphatic carbocycles. The Bertz CT molecular complexity index is 710. The monoisotopic (exact) mass is 322 g/mol. The molecule has 0 aliphatic rings. The van der Waals surface area contributed by atoms with E-state index in [0.29, 0.717) is 6.54 Å². The number of hydrogen-bond acceptors (Lipinski definition) is 3. The van der Waals surface area contributed by atoms with Crippen LogP contribution in [0.1, 0.15) is 5.56 Å². The summed E-state index contributed by atoms with van der Waals surface area (Å²) in [6, 6.07) is 8.11. The van der Waals surface area contributed by atoms with Crippen molar-refractivity contribution in [3.05, 3.63) is 52.1 Å². The standard InChI is InChI=1S/C12H8BrClN4/c13-9-3-1-2-8(4-9)6-18-7-16-10-5-15-12(14)17-11(10)18/h1-5,7H,6H2. The van der Waals surface area contributed by atoms with Gasteiger partial charge in [0.1, 0.15) is 5.52 Å². The molecule has 2 aromatic heterocycles. The van der Waals surface area contributed by atoms with Gasteiger partial charge in [0.15, 0.2) is 5.65 Å². The average molecular weight is 324 g/mol.